The third-order valence-electron chi connectivity index (χ3n) is 2.72. The van der Waals surface area contributed by atoms with Crippen LogP contribution in [0.4, 0.5) is 14.5 Å². The second-order valence-corrected chi connectivity index (χ2v) is 5.15. The molecule has 0 aliphatic heterocycles. The maximum absolute atomic E-state index is 13.1. The lowest BCUT2D eigenvalue weighted by Crippen LogP contribution is -2.02. The number of benzene rings is 1. The molecule has 0 radical (unpaired) electrons. The van der Waals surface area contributed by atoms with Gasteiger partial charge in [-0.25, -0.2) is 13.8 Å². The van der Waals surface area contributed by atoms with Gasteiger partial charge in [-0.1, -0.05) is 5.16 Å². The van der Waals surface area contributed by atoms with E-state index in [1.165, 1.54) is 23.5 Å². The van der Waals surface area contributed by atoms with Crippen molar-refractivity contribution in [1.82, 2.24) is 15.1 Å². The molecular formula is C13H10F2N4OS. The minimum Gasteiger partial charge on any atom is -0.377 e. The van der Waals surface area contributed by atoms with Crippen LogP contribution in [0.25, 0.3) is 10.8 Å². The molecule has 1 aromatic carbocycles. The lowest BCUT2D eigenvalue weighted by Gasteiger charge is -2.03. The normalized spacial score (nSPS) is 10.8. The van der Waals surface area contributed by atoms with Crippen LogP contribution in [0.15, 0.2) is 28.2 Å². The van der Waals surface area contributed by atoms with Crippen LogP contribution in [0, 0.1) is 18.6 Å². The Balaban J connectivity index is 1.72. The molecule has 5 nitrogen and oxygen atoms in total. The molecule has 8 heteroatoms. The third-order valence-corrected chi connectivity index (χ3v) is 3.64. The Bertz CT molecular complexity index is 751. The van der Waals surface area contributed by atoms with Crippen molar-refractivity contribution in [2.75, 3.05) is 5.32 Å². The SMILES string of the molecule is Cc1ncsc1-c1nc(CNc2cc(F)cc(F)c2)no1. The van der Waals surface area contributed by atoms with Crippen molar-refractivity contribution in [3.63, 3.8) is 0 Å². The average molecular weight is 308 g/mol. The summed E-state index contributed by atoms with van der Waals surface area (Å²) in [5.41, 5.74) is 2.82. The van der Waals surface area contributed by atoms with Crippen molar-refractivity contribution < 1.29 is 13.3 Å². The standard InChI is InChI=1S/C13H10F2N4OS/c1-7-12(21-6-17-7)13-18-11(19-20-13)5-16-10-3-8(14)2-9(15)4-10/h2-4,6,16H,5H2,1H3. The number of nitrogens with zero attached hydrogens (tertiary/aromatic N) is 3. The summed E-state index contributed by atoms with van der Waals surface area (Å²) in [7, 11) is 0. The number of nitrogens with one attached hydrogen (secondary N) is 1. The van der Waals surface area contributed by atoms with Crippen LogP contribution in [-0.2, 0) is 6.54 Å². The van der Waals surface area contributed by atoms with Crippen LogP contribution in [-0.4, -0.2) is 15.1 Å². The zero-order chi connectivity index (χ0) is 14.8. The lowest BCUT2D eigenvalue weighted by atomic mass is 10.3. The van der Waals surface area contributed by atoms with Crippen LogP contribution in [0.1, 0.15) is 11.5 Å². The molecule has 0 bridgehead atoms. The van der Waals surface area contributed by atoms with Crippen molar-refractivity contribution >= 4 is 17.0 Å². The summed E-state index contributed by atoms with van der Waals surface area (Å²) in [6.07, 6.45) is 0. The maximum atomic E-state index is 13.1. The highest BCUT2D eigenvalue weighted by Crippen LogP contribution is 2.25. The number of aromatic nitrogens is 3. The number of hydrogen-bond acceptors (Lipinski definition) is 6. The van der Waals surface area contributed by atoms with Gasteiger partial charge in [0.25, 0.3) is 5.89 Å². The van der Waals surface area contributed by atoms with E-state index >= 15 is 0 Å². The van der Waals surface area contributed by atoms with Crippen LogP contribution in [0.3, 0.4) is 0 Å². The number of hydrogen-bond donors (Lipinski definition) is 1. The first-order chi connectivity index (χ1) is 10.1. The van der Waals surface area contributed by atoms with Gasteiger partial charge in [0.2, 0.25) is 0 Å². The Morgan fingerprint density at radius 2 is 2.00 bits per heavy atom. The number of aryl methyl sites for hydroxylation is 1. The molecular weight excluding hydrogens is 298 g/mol. The van der Waals surface area contributed by atoms with E-state index in [0.29, 0.717) is 17.4 Å². The molecule has 0 saturated carbocycles. The van der Waals surface area contributed by atoms with Gasteiger partial charge in [-0.15, -0.1) is 11.3 Å². The summed E-state index contributed by atoms with van der Waals surface area (Å²) < 4.78 is 31.3. The summed E-state index contributed by atoms with van der Waals surface area (Å²) in [5, 5.41) is 6.65. The minimum atomic E-state index is -0.647. The summed E-state index contributed by atoms with van der Waals surface area (Å²) in [6.45, 7) is 2.05. The first-order valence-electron chi connectivity index (χ1n) is 6.05. The topological polar surface area (TPSA) is 63.8 Å². The summed E-state index contributed by atoms with van der Waals surface area (Å²) >= 11 is 1.41. The Morgan fingerprint density at radius 3 is 2.67 bits per heavy atom. The van der Waals surface area contributed by atoms with Gasteiger partial charge in [0, 0.05) is 11.8 Å². The quantitative estimate of drug-likeness (QED) is 0.800. The molecule has 0 unspecified atom stereocenters. The highest BCUT2D eigenvalue weighted by atomic mass is 32.1. The molecule has 3 aromatic rings. The molecule has 0 amide bonds. The van der Waals surface area contributed by atoms with Gasteiger partial charge in [0.1, 0.15) is 16.5 Å². The first kappa shape index (κ1) is 13.6. The smallest absolute Gasteiger partial charge is 0.269 e. The van der Waals surface area contributed by atoms with Crippen LogP contribution in [0.5, 0.6) is 0 Å². The van der Waals surface area contributed by atoms with E-state index in [1.807, 2.05) is 6.92 Å². The van der Waals surface area contributed by atoms with Crippen molar-refractivity contribution in [3.05, 3.63) is 46.9 Å². The van der Waals surface area contributed by atoms with Gasteiger partial charge < -0.3 is 9.84 Å². The molecule has 2 heterocycles. The van der Waals surface area contributed by atoms with Gasteiger partial charge >= 0.3 is 0 Å². The third kappa shape index (κ3) is 3.05. The molecule has 108 valence electrons. The summed E-state index contributed by atoms with van der Waals surface area (Å²) in [4.78, 5) is 9.13. The molecule has 21 heavy (non-hydrogen) atoms. The Labute approximate surface area is 122 Å². The lowest BCUT2D eigenvalue weighted by molar-refractivity contribution is 0.424. The van der Waals surface area contributed by atoms with Crippen molar-refractivity contribution in [3.8, 4) is 10.8 Å². The van der Waals surface area contributed by atoms with E-state index < -0.39 is 11.6 Å². The van der Waals surface area contributed by atoms with Gasteiger partial charge in [-0.3, -0.25) is 0 Å². The van der Waals surface area contributed by atoms with Gasteiger partial charge in [0.05, 0.1) is 17.7 Å². The Morgan fingerprint density at radius 1 is 1.24 bits per heavy atom. The second-order valence-electron chi connectivity index (χ2n) is 4.29. The number of anilines is 1. The highest BCUT2D eigenvalue weighted by molar-refractivity contribution is 7.13. The molecule has 0 fully saturated rings. The van der Waals surface area contributed by atoms with Gasteiger partial charge in [-0.05, 0) is 19.1 Å². The molecule has 0 saturated heterocycles. The Kier molecular flexibility index (Phi) is 3.61. The largest absolute Gasteiger partial charge is 0.377 e. The van der Waals surface area contributed by atoms with Gasteiger partial charge in [-0.2, -0.15) is 4.98 Å². The van der Waals surface area contributed by atoms with Crippen molar-refractivity contribution in [2.24, 2.45) is 0 Å². The fourth-order valence-electron chi connectivity index (χ4n) is 1.76. The predicted octanol–water partition coefficient (Wildman–Crippen LogP) is 3.39. The molecule has 2 aromatic heterocycles. The molecule has 0 atom stereocenters. The molecule has 0 spiro atoms. The Hall–Kier alpha value is -2.35. The van der Waals surface area contributed by atoms with Crippen molar-refractivity contribution in [2.45, 2.75) is 13.5 Å². The zero-order valence-corrected chi connectivity index (χ0v) is 11.7. The highest BCUT2D eigenvalue weighted by Gasteiger charge is 2.13. The first-order valence-corrected chi connectivity index (χ1v) is 6.93. The molecule has 0 aliphatic rings. The molecule has 1 N–H and O–H groups in total. The van der Waals surface area contributed by atoms with Gasteiger partial charge in [0.15, 0.2) is 5.82 Å². The van der Waals surface area contributed by atoms with Crippen molar-refractivity contribution in [1.29, 1.82) is 0 Å². The summed E-state index contributed by atoms with van der Waals surface area (Å²) in [5.74, 6) is -0.516. The number of thiazole rings is 1. The van der Waals surface area contributed by atoms with E-state index in [1.54, 1.807) is 5.51 Å². The average Bonchev–Trinajstić information content (AvgIpc) is 3.03. The van der Waals surface area contributed by atoms with Crippen LogP contribution >= 0.6 is 11.3 Å². The second kappa shape index (κ2) is 5.57. The van der Waals surface area contributed by atoms with E-state index in [9.17, 15) is 8.78 Å². The van der Waals surface area contributed by atoms with Crippen LogP contribution < -0.4 is 5.32 Å². The zero-order valence-electron chi connectivity index (χ0n) is 10.9. The predicted molar refractivity (Wildman–Crippen MR) is 73.8 cm³/mol. The molecule has 3 rings (SSSR count). The summed E-state index contributed by atoms with van der Waals surface area (Å²) in [6, 6.07) is 3.19. The fraction of sp³-hybridized carbons (Fsp3) is 0.154. The fourth-order valence-corrected chi connectivity index (χ4v) is 2.49. The van der Waals surface area contributed by atoms with E-state index in [2.05, 4.69) is 20.4 Å². The number of rotatable bonds is 4. The molecule has 0 aliphatic carbocycles. The van der Waals surface area contributed by atoms with E-state index in [4.69, 9.17) is 4.52 Å². The minimum absolute atomic E-state index is 0.199. The number of halogens is 2. The monoisotopic (exact) mass is 308 g/mol. The van der Waals surface area contributed by atoms with Crippen LogP contribution in [0.2, 0.25) is 0 Å². The maximum Gasteiger partial charge on any atom is 0.269 e. The van der Waals surface area contributed by atoms with E-state index in [0.717, 1.165) is 16.6 Å². The van der Waals surface area contributed by atoms with E-state index in [-0.39, 0.29) is 6.54 Å².